The molecule has 0 saturated carbocycles. The number of hydrogen-bond acceptors (Lipinski definition) is 5. The molecule has 2 atom stereocenters. The number of hydrogen-bond donors (Lipinski definition) is 3. The van der Waals surface area contributed by atoms with E-state index in [4.69, 9.17) is 22.1 Å². The maximum atomic E-state index is 6.10. The van der Waals surface area contributed by atoms with Crippen molar-refractivity contribution in [2.24, 2.45) is 10.7 Å². The Morgan fingerprint density at radius 2 is 1.81 bits per heavy atom. The van der Waals surface area contributed by atoms with E-state index in [2.05, 4.69) is 52.0 Å². The van der Waals surface area contributed by atoms with Crippen molar-refractivity contribution in [3.05, 3.63) is 94.5 Å². The molecule has 1 heterocycles. The number of nitrogens with one attached hydrogen (secondary N) is 2. The van der Waals surface area contributed by atoms with E-state index in [1.807, 2.05) is 43.3 Å². The summed E-state index contributed by atoms with van der Waals surface area (Å²) in [4.78, 5) is 4.48. The molecule has 0 spiro atoms. The summed E-state index contributed by atoms with van der Waals surface area (Å²) in [6.07, 6.45) is -0.190. The van der Waals surface area contributed by atoms with Crippen LogP contribution in [0.4, 0.5) is 5.69 Å². The van der Waals surface area contributed by atoms with Crippen LogP contribution in [-0.2, 0) is 13.1 Å². The van der Waals surface area contributed by atoms with Crippen molar-refractivity contribution < 1.29 is 4.74 Å². The minimum absolute atomic E-state index is 0.154. The van der Waals surface area contributed by atoms with Crippen LogP contribution in [0.25, 0.3) is 0 Å². The molecule has 2 unspecified atom stereocenters. The number of amidine groups is 1. The highest BCUT2D eigenvalue weighted by Crippen LogP contribution is 2.32. The lowest BCUT2D eigenvalue weighted by Gasteiger charge is -2.23. The molecule has 0 radical (unpaired) electrons. The van der Waals surface area contributed by atoms with E-state index in [1.165, 1.54) is 11.1 Å². The smallest absolute Gasteiger partial charge is 0.153 e. The van der Waals surface area contributed by atoms with Gasteiger partial charge in [0.15, 0.2) is 6.10 Å². The van der Waals surface area contributed by atoms with Crippen molar-refractivity contribution in [2.75, 3.05) is 6.54 Å². The van der Waals surface area contributed by atoms with Crippen LogP contribution >= 0.6 is 11.6 Å². The van der Waals surface area contributed by atoms with Gasteiger partial charge in [-0.3, -0.25) is 0 Å². The number of aliphatic imine (C=N–C) groups is 1. The summed E-state index contributed by atoms with van der Waals surface area (Å²) in [5, 5.41) is 7.97. The van der Waals surface area contributed by atoms with Gasteiger partial charge in [0.25, 0.3) is 0 Å². The number of rotatable bonds is 8. The Morgan fingerprint density at radius 3 is 2.61 bits per heavy atom. The van der Waals surface area contributed by atoms with Crippen molar-refractivity contribution >= 4 is 23.1 Å². The second-order valence-electron chi connectivity index (χ2n) is 7.70. The topological polar surface area (TPSA) is 71.7 Å². The Labute approximate surface area is 188 Å². The predicted octanol–water partition coefficient (Wildman–Crippen LogP) is 4.73. The Hall–Kier alpha value is -2.86. The van der Waals surface area contributed by atoms with Gasteiger partial charge in [-0.2, -0.15) is 0 Å². The zero-order valence-corrected chi connectivity index (χ0v) is 18.3. The Kier molecular flexibility index (Phi) is 6.87. The summed E-state index contributed by atoms with van der Waals surface area (Å²) in [6.45, 7) is 4.15. The van der Waals surface area contributed by atoms with Gasteiger partial charge in [0.05, 0.1) is 0 Å². The monoisotopic (exact) mass is 434 g/mol. The van der Waals surface area contributed by atoms with Crippen LogP contribution in [0.3, 0.4) is 0 Å². The lowest BCUT2D eigenvalue weighted by Crippen LogP contribution is -2.33. The van der Waals surface area contributed by atoms with E-state index < -0.39 is 0 Å². The van der Waals surface area contributed by atoms with Gasteiger partial charge in [0.2, 0.25) is 0 Å². The minimum atomic E-state index is -0.190. The van der Waals surface area contributed by atoms with Crippen molar-refractivity contribution in [3.8, 4) is 5.75 Å². The molecule has 1 aliphatic rings. The molecular formula is C25H27ClN4O. The van der Waals surface area contributed by atoms with Gasteiger partial charge in [-0.05, 0) is 47.9 Å². The summed E-state index contributed by atoms with van der Waals surface area (Å²) in [6, 6.07) is 24.6. The summed E-state index contributed by atoms with van der Waals surface area (Å²) in [5.41, 5.74) is 10.3. The molecule has 0 aliphatic carbocycles. The highest BCUT2D eigenvalue weighted by molar-refractivity contribution is 6.30. The maximum absolute atomic E-state index is 6.10. The third-order valence-electron chi connectivity index (χ3n) is 5.31. The van der Waals surface area contributed by atoms with Crippen LogP contribution in [0, 0.1) is 0 Å². The molecule has 31 heavy (non-hydrogen) atoms. The van der Waals surface area contributed by atoms with E-state index in [9.17, 15) is 0 Å². The van der Waals surface area contributed by atoms with Crippen LogP contribution in [0.15, 0.2) is 77.8 Å². The fraction of sp³-hybridized carbons (Fsp3) is 0.240. The predicted molar refractivity (Wildman–Crippen MR) is 127 cm³/mol. The normalized spacial score (nSPS) is 16.2. The summed E-state index contributed by atoms with van der Waals surface area (Å²) >= 11 is 6.10. The Bertz CT molecular complexity index is 1050. The van der Waals surface area contributed by atoms with E-state index in [0.717, 1.165) is 35.1 Å². The lowest BCUT2D eigenvalue weighted by atomic mass is 10.1. The fourth-order valence-corrected chi connectivity index (χ4v) is 3.80. The van der Waals surface area contributed by atoms with Crippen molar-refractivity contribution in [1.29, 1.82) is 0 Å². The molecule has 4 N–H and O–H groups in total. The van der Waals surface area contributed by atoms with E-state index in [0.29, 0.717) is 12.4 Å². The summed E-state index contributed by atoms with van der Waals surface area (Å²) in [7, 11) is 0. The Balaban J connectivity index is 1.42. The van der Waals surface area contributed by atoms with Crippen LogP contribution in [-0.4, -0.2) is 18.5 Å². The van der Waals surface area contributed by atoms with Crippen LogP contribution in [0.2, 0.25) is 5.02 Å². The SMILES string of the molecule is CC1Oc2ccc(CNC(CNCc3cccc(Cl)c3)c3ccccc3)cc2N=C1N. The summed E-state index contributed by atoms with van der Waals surface area (Å²) < 4.78 is 5.80. The molecule has 6 heteroatoms. The molecule has 1 aliphatic heterocycles. The second-order valence-corrected chi connectivity index (χ2v) is 8.14. The van der Waals surface area contributed by atoms with E-state index in [-0.39, 0.29) is 12.1 Å². The molecule has 0 saturated heterocycles. The molecule has 4 rings (SSSR count). The first-order chi connectivity index (χ1) is 15.1. The summed E-state index contributed by atoms with van der Waals surface area (Å²) in [5.74, 6) is 1.28. The molecule has 0 fully saturated rings. The average Bonchev–Trinajstić information content (AvgIpc) is 2.77. The first-order valence-electron chi connectivity index (χ1n) is 10.5. The Morgan fingerprint density at radius 1 is 1.00 bits per heavy atom. The fourth-order valence-electron chi connectivity index (χ4n) is 3.58. The number of halogens is 1. The standard InChI is InChI=1S/C25H27ClN4O/c1-17-25(27)30-22-13-19(10-11-24(22)31-17)15-29-23(20-7-3-2-4-8-20)16-28-14-18-6-5-9-21(26)12-18/h2-13,17,23,28-29H,14-16H2,1H3,(H2,27,30). The van der Waals surface area contributed by atoms with E-state index >= 15 is 0 Å². The first kappa shape index (κ1) is 21.4. The van der Waals surface area contributed by atoms with Crippen molar-refractivity contribution in [1.82, 2.24) is 10.6 Å². The zero-order chi connectivity index (χ0) is 21.6. The minimum Gasteiger partial charge on any atom is -0.481 e. The highest BCUT2D eigenvalue weighted by atomic mass is 35.5. The highest BCUT2D eigenvalue weighted by Gasteiger charge is 2.18. The molecule has 3 aromatic carbocycles. The first-order valence-corrected chi connectivity index (χ1v) is 10.8. The van der Waals surface area contributed by atoms with Crippen LogP contribution in [0.5, 0.6) is 5.75 Å². The number of fused-ring (bicyclic) bond motifs is 1. The van der Waals surface area contributed by atoms with Crippen LogP contribution in [0.1, 0.15) is 29.7 Å². The van der Waals surface area contributed by atoms with Gasteiger partial charge < -0.3 is 21.1 Å². The molecule has 0 aromatic heterocycles. The van der Waals surface area contributed by atoms with Crippen molar-refractivity contribution in [2.45, 2.75) is 32.2 Å². The van der Waals surface area contributed by atoms with Crippen LogP contribution < -0.4 is 21.1 Å². The molecule has 3 aromatic rings. The average molecular weight is 435 g/mol. The van der Waals surface area contributed by atoms with Gasteiger partial charge in [-0.1, -0.05) is 60.1 Å². The third kappa shape index (κ3) is 5.64. The molecular weight excluding hydrogens is 408 g/mol. The largest absolute Gasteiger partial charge is 0.481 e. The van der Waals surface area contributed by atoms with Gasteiger partial charge >= 0.3 is 0 Å². The van der Waals surface area contributed by atoms with Gasteiger partial charge in [-0.25, -0.2) is 4.99 Å². The lowest BCUT2D eigenvalue weighted by molar-refractivity contribution is 0.281. The quantitative estimate of drug-likeness (QED) is 0.479. The number of nitrogens with zero attached hydrogens (tertiary/aromatic N) is 1. The number of ether oxygens (including phenoxy) is 1. The van der Waals surface area contributed by atoms with Crippen molar-refractivity contribution in [3.63, 3.8) is 0 Å². The number of nitrogens with two attached hydrogens (primary N) is 1. The van der Waals surface area contributed by atoms with Gasteiger partial charge in [0.1, 0.15) is 17.3 Å². The second kappa shape index (κ2) is 9.96. The third-order valence-corrected chi connectivity index (χ3v) is 5.55. The molecule has 5 nitrogen and oxygen atoms in total. The maximum Gasteiger partial charge on any atom is 0.153 e. The van der Waals surface area contributed by atoms with Gasteiger partial charge in [-0.15, -0.1) is 0 Å². The zero-order valence-electron chi connectivity index (χ0n) is 17.5. The van der Waals surface area contributed by atoms with E-state index in [1.54, 1.807) is 0 Å². The molecule has 160 valence electrons. The molecule has 0 amide bonds. The number of benzene rings is 3. The van der Waals surface area contributed by atoms with Gasteiger partial charge in [0, 0.05) is 30.7 Å². The molecule has 0 bridgehead atoms.